The fraction of sp³-hybridized carbons (Fsp3) is 0.176. The number of hydrazone groups is 1. The summed E-state index contributed by atoms with van der Waals surface area (Å²) in [7, 11) is 0. The van der Waals surface area contributed by atoms with Gasteiger partial charge in [0.1, 0.15) is 0 Å². The van der Waals surface area contributed by atoms with Crippen LogP contribution in [0.2, 0.25) is 0 Å². The first-order chi connectivity index (χ1) is 11.6. The predicted molar refractivity (Wildman–Crippen MR) is 104 cm³/mol. The molecule has 0 heterocycles. The summed E-state index contributed by atoms with van der Waals surface area (Å²) in [6.45, 7) is 2.94. The summed E-state index contributed by atoms with van der Waals surface area (Å²) in [6, 6.07) is 13.4. The van der Waals surface area contributed by atoms with Gasteiger partial charge in [-0.15, -0.1) is 0 Å². The van der Waals surface area contributed by atoms with Gasteiger partial charge < -0.3 is 15.2 Å². The highest BCUT2D eigenvalue weighted by Crippen LogP contribution is 2.34. The molecule has 0 fully saturated rings. The maximum atomic E-state index is 9.88. The van der Waals surface area contributed by atoms with E-state index >= 15 is 0 Å². The normalized spacial score (nSPS) is 10.6. The lowest BCUT2D eigenvalue weighted by molar-refractivity contribution is 0.317. The molecule has 0 aliphatic carbocycles. The van der Waals surface area contributed by atoms with Crippen LogP contribution in [0.5, 0.6) is 11.5 Å². The lowest BCUT2D eigenvalue weighted by atomic mass is 10.2. The van der Waals surface area contributed by atoms with Gasteiger partial charge in [0, 0.05) is 6.54 Å². The van der Waals surface area contributed by atoms with Gasteiger partial charge in [-0.25, -0.2) is 0 Å². The van der Waals surface area contributed by atoms with E-state index in [9.17, 15) is 5.11 Å². The molecule has 2 rings (SSSR count). The minimum absolute atomic E-state index is 0.0713. The maximum Gasteiger partial charge on any atom is 0.187 e. The van der Waals surface area contributed by atoms with Crippen molar-refractivity contribution < 1.29 is 9.84 Å². The van der Waals surface area contributed by atoms with Crippen LogP contribution in [-0.2, 0) is 6.54 Å². The second-order valence-electron chi connectivity index (χ2n) is 4.82. The molecule has 2 aromatic rings. The largest absolute Gasteiger partial charge is 0.503 e. The van der Waals surface area contributed by atoms with Crippen LogP contribution in [0.1, 0.15) is 18.1 Å². The number of hydrogen-bond donors (Lipinski definition) is 3. The van der Waals surface area contributed by atoms with E-state index in [-0.39, 0.29) is 5.75 Å². The number of nitrogens with zero attached hydrogens (tertiary/aromatic N) is 1. The fourth-order valence-electron chi connectivity index (χ4n) is 1.92. The molecule has 0 aromatic heterocycles. The topological polar surface area (TPSA) is 65.9 Å². The summed E-state index contributed by atoms with van der Waals surface area (Å²) in [6.07, 6.45) is 1.60. The quantitative estimate of drug-likeness (QED) is 0.388. The van der Waals surface area contributed by atoms with Crippen LogP contribution >= 0.6 is 28.1 Å². The second kappa shape index (κ2) is 9.24. The summed E-state index contributed by atoms with van der Waals surface area (Å²) >= 11 is 8.46. The molecule has 0 aliphatic rings. The molecule has 0 unspecified atom stereocenters. The van der Waals surface area contributed by atoms with Crippen molar-refractivity contribution in [1.29, 1.82) is 0 Å². The first kappa shape index (κ1) is 18.2. The molecule has 0 saturated carbocycles. The van der Waals surface area contributed by atoms with Crippen molar-refractivity contribution >= 4 is 39.5 Å². The number of halogens is 1. The van der Waals surface area contributed by atoms with Crippen molar-refractivity contribution in [1.82, 2.24) is 10.7 Å². The van der Waals surface area contributed by atoms with Crippen molar-refractivity contribution in [2.24, 2.45) is 5.10 Å². The zero-order valence-corrected chi connectivity index (χ0v) is 15.5. The summed E-state index contributed by atoms with van der Waals surface area (Å²) < 4.78 is 5.91. The number of ether oxygens (including phenoxy) is 1. The van der Waals surface area contributed by atoms with Crippen LogP contribution in [0.25, 0.3) is 0 Å². The summed E-state index contributed by atoms with van der Waals surface area (Å²) in [4.78, 5) is 0. The third-order valence-corrected chi connectivity index (χ3v) is 3.87. The van der Waals surface area contributed by atoms with Gasteiger partial charge in [0.15, 0.2) is 16.6 Å². The van der Waals surface area contributed by atoms with E-state index in [0.717, 1.165) is 11.1 Å². The Kier molecular flexibility index (Phi) is 7.02. The Morgan fingerprint density at radius 3 is 2.79 bits per heavy atom. The van der Waals surface area contributed by atoms with Crippen molar-refractivity contribution in [3.63, 3.8) is 0 Å². The molecule has 24 heavy (non-hydrogen) atoms. The van der Waals surface area contributed by atoms with Crippen LogP contribution in [0.3, 0.4) is 0 Å². The highest BCUT2D eigenvalue weighted by Gasteiger charge is 2.08. The Bertz CT molecular complexity index is 723. The molecule has 0 spiro atoms. The van der Waals surface area contributed by atoms with Crippen molar-refractivity contribution in [2.75, 3.05) is 6.61 Å². The van der Waals surface area contributed by atoms with Crippen molar-refractivity contribution in [3.8, 4) is 11.5 Å². The van der Waals surface area contributed by atoms with Crippen LogP contribution in [-0.4, -0.2) is 23.0 Å². The van der Waals surface area contributed by atoms with E-state index in [1.807, 2.05) is 37.3 Å². The van der Waals surface area contributed by atoms with Gasteiger partial charge in [-0.05, 0) is 58.3 Å². The number of nitrogens with one attached hydrogen (secondary N) is 2. The molecule has 2 aromatic carbocycles. The molecule has 0 saturated heterocycles. The standard InChI is InChI=1S/C17H18BrN3O2S/c1-2-23-15-9-13(8-14(18)16(15)22)11-20-21-17(24)19-10-12-6-4-3-5-7-12/h3-9,11,22H,2,10H2,1H3,(H2,19,21,24). The minimum Gasteiger partial charge on any atom is -0.503 e. The van der Waals surface area contributed by atoms with Crippen molar-refractivity contribution in [2.45, 2.75) is 13.5 Å². The summed E-state index contributed by atoms with van der Waals surface area (Å²) in [5, 5.41) is 17.5. The SMILES string of the molecule is CCOc1cc(C=NNC(=S)NCc2ccccc2)cc(Br)c1O. The summed E-state index contributed by atoms with van der Waals surface area (Å²) in [5.74, 6) is 0.472. The zero-order chi connectivity index (χ0) is 17.4. The zero-order valence-electron chi connectivity index (χ0n) is 13.1. The molecular formula is C17H18BrN3O2S. The average Bonchev–Trinajstić information content (AvgIpc) is 2.58. The Labute approximate surface area is 154 Å². The molecule has 7 heteroatoms. The monoisotopic (exact) mass is 407 g/mol. The molecule has 0 amide bonds. The van der Waals surface area contributed by atoms with Gasteiger partial charge in [0.05, 0.1) is 17.3 Å². The fourth-order valence-corrected chi connectivity index (χ4v) is 2.50. The van der Waals surface area contributed by atoms with E-state index in [0.29, 0.717) is 28.5 Å². The number of rotatable bonds is 6. The molecule has 126 valence electrons. The Balaban J connectivity index is 1.90. The van der Waals surface area contributed by atoms with Gasteiger partial charge in [-0.2, -0.15) is 5.10 Å². The number of hydrogen-bond acceptors (Lipinski definition) is 4. The summed E-state index contributed by atoms with van der Waals surface area (Å²) in [5.41, 5.74) is 4.66. The first-order valence-corrected chi connectivity index (χ1v) is 8.56. The van der Waals surface area contributed by atoms with Crippen LogP contribution in [0.15, 0.2) is 52.0 Å². The Hall–Kier alpha value is -2.12. The first-order valence-electron chi connectivity index (χ1n) is 7.36. The molecule has 0 bridgehead atoms. The number of aromatic hydroxyl groups is 1. The smallest absolute Gasteiger partial charge is 0.187 e. The van der Waals surface area contributed by atoms with E-state index < -0.39 is 0 Å². The Morgan fingerprint density at radius 2 is 2.08 bits per heavy atom. The molecular weight excluding hydrogens is 390 g/mol. The number of benzene rings is 2. The highest BCUT2D eigenvalue weighted by molar-refractivity contribution is 9.10. The number of thiocarbonyl (C=S) groups is 1. The number of phenolic OH excluding ortho intramolecular Hbond substituents is 1. The van der Waals surface area contributed by atoms with E-state index in [2.05, 4.69) is 31.8 Å². The molecule has 0 atom stereocenters. The van der Waals surface area contributed by atoms with E-state index in [1.165, 1.54) is 0 Å². The third kappa shape index (κ3) is 5.50. The molecule has 0 radical (unpaired) electrons. The van der Waals surface area contributed by atoms with Crippen LogP contribution in [0.4, 0.5) is 0 Å². The lowest BCUT2D eigenvalue weighted by Gasteiger charge is -2.09. The highest BCUT2D eigenvalue weighted by atomic mass is 79.9. The van der Waals surface area contributed by atoms with Crippen molar-refractivity contribution in [3.05, 3.63) is 58.1 Å². The number of phenols is 1. The van der Waals surface area contributed by atoms with Gasteiger partial charge in [0.2, 0.25) is 0 Å². The van der Waals surface area contributed by atoms with E-state index in [1.54, 1.807) is 18.3 Å². The minimum atomic E-state index is 0.0713. The Morgan fingerprint density at radius 1 is 1.33 bits per heavy atom. The molecule has 3 N–H and O–H groups in total. The molecule has 5 nitrogen and oxygen atoms in total. The average molecular weight is 408 g/mol. The van der Waals surface area contributed by atoms with Gasteiger partial charge >= 0.3 is 0 Å². The maximum absolute atomic E-state index is 9.88. The predicted octanol–water partition coefficient (Wildman–Crippen LogP) is 3.55. The van der Waals surface area contributed by atoms with Gasteiger partial charge in [-0.1, -0.05) is 30.3 Å². The van der Waals surface area contributed by atoms with Gasteiger partial charge in [0.25, 0.3) is 0 Å². The van der Waals surface area contributed by atoms with Gasteiger partial charge in [-0.3, -0.25) is 5.43 Å². The van der Waals surface area contributed by atoms with Crippen LogP contribution in [0, 0.1) is 0 Å². The third-order valence-electron chi connectivity index (χ3n) is 3.03. The second-order valence-corrected chi connectivity index (χ2v) is 6.08. The molecule has 0 aliphatic heterocycles. The van der Waals surface area contributed by atoms with Crippen LogP contribution < -0.4 is 15.5 Å². The van der Waals surface area contributed by atoms with E-state index in [4.69, 9.17) is 17.0 Å². The lowest BCUT2D eigenvalue weighted by Crippen LogP contribution is -2.31.